The van der Waals surface area contributed by atoms with E-state index in [1.807, 2.05) is 6.92 Å². The van der Waals surface area contributed by atoms with Crippen LogP contribution in [-0.2, 0) is 0 Å². The minimum atomic E-state index is -0.551. The molecule has 0 aromatic rings. The molecule has 0 aliphatic rings. The summed E-state index contributed by atoms with van der Waals surface area (Å²) in [6.45, 7) is 6.33. The maximum Gasteiger partial charge on any atom is 0.100 e. The zero-order valence-electron chi connectivity index (χ0n) is 8.07. The first-order valence-electron chi connectivity index (χ1n) is 4.88. The topological polar surface area (TPSA) is 0 Å². The Labute approximate surface area is 70.2 Å². The van der Waals surface area contributed by atoms with E-state index in [0.717, 1.165) is 32.1 Å². The molecule has 1 unspecified atom stereocenters. The van der Waals surface area contributed by atoms with Crippen LogP contribution >= 0.6 is 0 Å². The second-order valence-corrected chi connectivity index (χ2v) is 3.30. The Morgan fingerprint density at radius 2 is 1.64 bits per heavy atom. The van der Waals surface area contributed by atoms with Crippen LogP contribution in [0.5, 0.6) is 0 Å². The molecule has 0 heterocycles. The number of hydrogen-bond donors (Lipinski definition) is 0. The molecule has 0 rings (SSSR count). The van der Waals surface area contributed by atoms with Gasteiger partial charge >= 0.3 is 0 Å². The molecule has 0 aliphatic heterocycles. The van der Waals surface area contributed by atoms with Crippen molar-refractivity contribution in [1.29, 1.82) is 0 Å². The van der Waals surface area contributed by atoms with Gasteiger partial charge < -0.3 is 0 Å². The molecule has 0 fully saturated rings. The minimum absolute atomic E-state index is 0.551. The maximum absolute atomic E-state index is 13.0. The third kappa shape index (κ3) is 5.23. The molecule has 0 radical (unpaired) electrons. The lowest BCUT2D eigenvalue weighted by atomic mass is 9.95. The average molecular weight is 160 g/mol. The van der Waals surface area contributed by atoms with Gasteiger partial charge in [0.25, 0.3) is 0 Å². The Bertz CT molecular complexity index is 76.9. The Morgan fingerprint density at radius 1 is 1.09 bits per heavy atom. The molecule has 1 heteroatoms. The minimum Gasteiger partial charge on any atom is -0.247 e. The lowest BCUT2D eigenvalue weighted by molar-refractivity contribution is 0.245. The van der Waals surface area contributed by atoms with E-state index in [4.69, 9.17) is 0 Å². The van der Waals surface area contributed by atoms with Crippen molar-refractivity contribution >= 4 is 0 Å². The average Bonchev–Trinajstić information content (AvgIpc) is 2.01. The highest BCUT2D eigenvalue weighted by molar-refractivity contribution is 4.62. The molecule has 0 aromatic heterocycles. The zero-order chi connectivity index (χ0) is 8.69. The normalized spacial score (nSPS) is 13.9. The van der Waals surface area contributed by atoms with Crippen molar-refractivity contribution in [3.05, 3.63) is 0 Å². The zero-order valence-corrected chi connectivity index (χ0v) is 8.07. The van der Waals surface area contributed by atoms with E-state index < -0.39 is 6.17 Å². The summed E-state index contributed by atoms with van der Waals surface area (Å²) >= 11 is 0. The van der Waals surface area contributed by atoms with Crippen LogP contribution in [0.2, 0.25) is 0 Å². The van der Waals surface area contributed by atoms with Gasteiger partial charge in [0, 0.05) is 0 Å². The van der Waals surface area contributed by atoms with Gasteiger partial charge in [-0.25, -0.2) is 4.39 Å². The fourth-order valence-electron chi connectivity index (χ4n) is 1.41. The monoisotopic (exact) mass is 160 g/mol. The van der Waals surface area contributed by atoms with Crippen LogP contribution in [0.3, 0.4) is 0 Å². The molecule has 0 nitrogen and oxygen atoms in total. The van der Waals surface area contributed by atoms with Gasteiger partial charge in [-0.3, -0.25) is 0 Å². The van der Waals surface area contributed by atoms with Gasteiger partial charge in [-0.15, -0.1) is 0 Å². The molecular formula is C10H21F. The maximum atomic E-state index is 13.0. The van der Waals surface area contributed by atoms with E-state index in [0.29, 0.717) is 5.92 Å². The number of alkyl halides is 1. The van der Waals surface area contributed by atoms with Crippen LogP contribution in [0, 0.1) is 5.92 Å². The molecule has 0 aliphatic carbocycles. The molecule has 11 heavy (non-hydrogen) atoms. The van der Waals surface area contributed by atoms with Crippen LogP contribution in [-0.4, -0.2) is 6.17 Å². The lowest BCUT2D eigenvalue weighted by Crippen LogP contribution is -2.07. The van der Waals surface area contributed by atoms with E-state index in [9.17, 15) is 4.39 Å². The van der Waals surface area contributed by atoms with Crippen molar-refractivity contribution in [2.75, 3.05) is 0 Å². The predicted octanol–water partition coefficient (Wildman–Crippen LogP) is 3.95. The molecule has 0 N–H and O–H groups in total. The van der Waals surface area contributed by atoms with E-state index >= 15 is 0 Å². The standard InChI is InChI=1S/C10H21F/c1-4-7-10(11)8-9(5-2)6-3/h9-10H,4-8H2,1-3H3. The second-order valence-electron chi connectivity index (χ2n) is 3.30. The molecule has 1 atom stereocenters. The SMILES string of the molecule is CCCC(F)CC(CC)CC. The van der Waals surface area contributed by atoms with Crippen molar-refractivity contribution in [3.8, 4) is 0 Å². The third-order valence-corrected chi connectivity index (χ3v) is 2.35. The molecule has 68 valence electrons. The molecular weight excluding hydrogens is 139 g/mol. The molecule has 0 bridgehead atoms. The summed E-state index contributed by atoms with van der Waals surface area (Å²) in [6, 6.07) is 0. The summed E-state index contributed by atoms with van der Waals surface area (Å²) < 4.78 is 13.0. The Morgan fingerprint density at radius 3 is 2.00 bits per heavy atom. The lowest BCUT2D eigenvalue weighted by Gasteiger charge is -2.14. The van der Waals surface area contributed by atoms with Gasteiger partial charge in [-0.1, -0.05) is 40.0 Å². The first-order chi connectivity index (χ1) is 5.24. The quantitative estimate of drug-likeness (QED) is 0.552. The fraction of sp³-hybridized carbons (Fsp3) is 1.00. The van der Waals surface area contributed by atoms with Crippen molar-refractivity contribution in [3.63, 3.8) is 0 Å². The van der Waals surface area contributed by atoms with Crippen molar-refractivity contribution in [2.24, 2.45) is 5.92 Å². The Kier molecular flexibility index (Phi) is 6.59. The Hall–Kier alpha value is -0.0700. The summed E-state index contributed by atoms with van der Waals surface area (Å²) in [6.07, 6.45) is 4.20. The summed E-state index contributed by atoms with van der Waals surface area (Å²) in [5.41, 5.74) is 0. The smallest absolute Gasteiger partial charge is 0.100 e. The fourth-order valence-corrected chi connectivity index (χ4v) is 1.41. The van der Waals surface area contributed by atoms with Crippen molar-refractivity contribution < 1.29 is 4.39 Å². The summed E-state index contributed by atoms with van der Waals surface area (Å²) in [5.74, 6) is 0.608. The number of halogens is 1. The molecule has 0 saturated carbocycles. The van der Waals surface area contributed by atoms with Crippen LogP contribution in [0.1, 0.15) is 52.9 Å². The van der Waals surface area contributed by atoms with Crippen molar-refractivity contribution in [2.45, 2.75) is 59.0 Å². The van der Waals surface area contributed by atoms with E-state index in [2.05, 4.69) is 13.8 Å². The van der Waals surface area contributed by atoms with Crippen LogP contribution in [0.25, 0.3) is 0 Å². The van der Waals surface area contributed by atoms with Crippen molar-refractivity contribution in [1.82, 2.24) is 0 Å². The first-order valence-corrected chi connectivity index (χ1v) is 4.88. The van der Waals surface area contributed by atoms with E-state index in [1.165, 1.54) is 0 Å². The summed E-state index contributed by atoms with van der Waals surface area (Å²) in [5, 5.41) is 0. The second kappa shape index (κ2) is 6.63. The largest absolute Gasteiger partial charge is 0.247 e. The Balaban J connectivity index is 3.44. The highest BCUT2D eigenvalue weighted by Crippen LogP contribution is 2.19. The third-order valence-electron chi connectivity index (χ3n) is 2.35. The van der Waals surface area contributed by atoms with Gasteiger partial charge in [0.2, 0.25) is 0 Å². The van der Waals surface area contributed by atoms with Crippen LogP contribution in [0.15, 0.2) is 0 Å². The van der Waals surface area contributed by atoms with E-state index in [-0.39, 0.29) is 0 Å². The van der Waals surface area contributed by atoms with E-state index in [1.54, 1.807) is 0 Å². The van der Waals surface area contributed by atoms with Gasteiger partial charge in [0.15, 0.2) is 0 Å². The van der Waals surface area contributed by atoms with Gasteiger partial charge in [0.05, 0.1) is 0 Å². The number of rotatable bonds is 6. The molecule has 0 spiro atoms. The number of hydrogen-bond acceptors (Lipinski definition) is 0. The van der Waals surface area contributed by atoms with Gasteiger partial charge in [-0.2, -0.15) is 0 Å². The molecule has 0 saturated heterocycles. The van der Waals surface area contributed by atoms with Crippen LogP contribution < -0.4 is 0 Å². The first kappa shape index (κ1) is 10.9. The summed E-state index contributed by atoms with van der Waals surface area (Å²) in [7, 11) is 0. The highest BCUT2D eigenvalue weighted by Gasteiger charge is 2.11. The van der Waals surface area contributed by atoms with Gasteiger partial charge in [0.1, 0.15) is 6.17 Å². The molecule has 0 amide bonds. The molecule has 0 aromatic carbocycles. The predicted molar refractivity (Wildman–Crippen MR) is 48.5 cm³/mol. The van der Waals surface area contributed by atoms with Crippen LogP contribution in [0.4, 0.5) is 4.39 Å². The summed E-state index contributed by atoms with van der Waals surface area (Å²) in [4.78, 5) is 0. The highest BCUT2D eigenvalue weighted by atomic mass is 19.1. The van der Waals surface area contributed by atoms with Gasteiger partial charge in [-0.05, 0) is 18.8 Å².